The number of hydrogen-bond acceptors (Lipinski definition) is 3. The number of benzene rings is 1. The van der Waals surface area contributed by atoms with Gasteiger partial charge in [-0.15, -0.1) is 0 Å². The van der Waals surface area contributed by atoms with Gasteiger partial charge in [0.1, 0.15) is 5.82 Å². The van der Waals surface area contributed by atoms with Crippen molar-refractivity contribution in [3.8, 4) is 0 Å². The molecule has 1 fully saturated rings. The predicted octanol–water partition coefficient (Wildman–Crippen LogP) is 1.35. The van der Waals surface area contributed by atoms with Gasteiger partial charge in [0, 0.05) is 6.54 Å². The van der Waals surface area contributed by atoms with E-state index in [-0.39, 0.29) is 10.1 Å². The van der Waals surface area contributed by atoms with Crippen LogP contribution in [0.5, 0.6) is 0 Å². The van der Waals surface area contributed by atoms with Crippen molar-refractivity contribution in [3.05, 3.63) is 30.1 Å². The summed E-state index contributed by atoms with van der Waals surface area (Å²) in [5.41, 5.74) is 0. The Labute approximate surface area is 94.6 Å². The van der Waals surface area contributed by atoms with E-state index >= 15 is 0 Å². The molecule has 0 bridgehead atoms. The molecule has 1 aliphatic heterocycles. The maximum absolute atomic E-state index is 12.7. The van der Waals surface area contributed by atoms with Crippen molar-refractivity contribution in [1.82, 2.24) is 5.32 Å². The summed E-state index contributed by atoms with van der Waals surface area (Å²) in [7, 11) is -3.31. The third-order valence-electron chi connectivity index (χ3n) is 2.83. The summed E-state index contributed by atoms with van der Waals surface area (Å²) in [5.74, 6) is -0.416. The first-order valence-corrected chi connectivity index (χ1v) is 6.85. The molecule has 1 saturated heterocycles. The molecule has 1 heterocycles. The molecule has 0 radical (unpaired) electrons. The summed E-state index contributed by atoms with van der Waals surface area (Å²) in [6, 6.07) is 5.03. The number of nitrogens with one attached hydrogen (secondary N) is 1. The third kappa shape index (κ3) is 2.25. The standard InChI is InChI=1S/C11H14FNO2S/c12-9-3-5-10(6-4-9)16(14,15)11-2-1-7-13-8-11/h3-6,11,13H,1-2,7-8H2/t11-/m0/s1. The van der Waals surface area contributed by atoms with Crippen LogP contribution in [0.1, 0.15) is 12.8 Å². The van der Waals surface area contributed by atoms with Crippen LogP contribution in [0.3, 0.4) is 0 Å². The van der Waals surface area contributed by atoms with Crippen molar-refractivity contribution in [2.24, 2.45) is 0 Å². The molecule has 1 aliphatic rings. The van der Waals surface area contributed by atoms with Crippen LogP contribution in [0, 0.1) is 5.82 Å². The highest BCUT2D eigenvalue weighted by Crippen LogP contribution is 2.21. The SMILES string of the molecule is O=S(=O)(c1ccc(F)cc1)[C@H]1CCCNC1. The lowest BCUT2D eigenvalue weighted by atomic mass is 10.2. The Morgan fingerprint density at radius 2 is 1.94 bits per heavy atom. The molecule has 3 nitrogen and oxygen atoms in total. The minimum Gasteiger partial charge on any atom is -0.315 e. The normalized spacial score (nSPS) is 21.9. The van der Waals surface area contributed by atoms with Gasteiger partial charge in [0.25, 0.3) is 0 Å². The zero-order valence-electron chi connectivity index (χ0n) is 8.82. The molecule has 1 atom stereocenters. The molecule has 1 N–H and O–H groups in total. The van der Waals surface area contributed by atoms with E-state index in [0.717, 1.165) is 13.0 Å². The first kappa shape index (κ1) is 11.5. The van der Waals surface area contributed by atoms with Crippen LogP contribution in [-0.2, 0) is 9.84 Å². The number of hydrogen-bond donors (Lipinski definition) is 1. The molecule has 88 valence electrons. The fraction of sp³-hybridized carbons (Fsp3) is 0.455. The predicted molar refractivity (Wildman–Crippen MR) is 59.5 cm³/mol. The third-order valence-corrected chi connectivity index (χ3v) is 5.04. The molecule has 1 aromatic carbocycles. The van der Waals surface area contributed by atoms with Gasteiger partial charge in [-0.25, -0.2) is 12.8 Å². The molecule has 0 aromatic heterocycles. The summed E-state index contributed by atoms with van der Waals surface area (Å²) in [5, 5.41) is 2.69. The van der Waals surface area contributed by atoms with Gasteiger partial charge in [0.15, 0.2) is 9.84 Å². The van der Waals surface area contributed by atoms with Crippen molar-refractivity contribution in [1.29, 1.82) is 0 Å². The average Bonchev–Trinajstić information content (AvgIpc) is 2.31. The summed E-state index contributed by atoms with van der Waals surface area (Å²) in [6.45, 7) is 1.36. The van der Waals surface area contributed by atoms with Crippen LogP contribution in [0.25, 0.3) is 0 Å². The smallest absolute Gasteiger partial charge is 0.182 e. The van der Waals surface area contributed by atoms with Gasteiger partial charge in [0.2, 0.25) is 0 Å². The number of rotatable bonds is 2. The highest BCUT2D eigenvalue weighted by atomic mass is 32.2. The Kier molecular flexibility index (Phi) is 3.25. The Balaban J connectivity index is 2.27. The second kappa shape index (κ2) is 4.51. The second-order valence-corrected chi connectivity index (χ2v) is 6.20. The van der Waals surface area contributed by atoms with Crippen molar-refractivity contribution in [2.45, 2.75) is 23.0 Å². The summed E-state index contributed by atoms with van der Waals surface area (Å²) in [6.07, 6.45) is 1.54. The van der Waals surface area contributed by atoms with E-state index in [4.69, 9.17) is 0 Å². The second-order valence-electron chi connectivity index (χ2n) is 3.97. The van der Waals surface area contributed by atoms with Gasteiger partial charge in [0.05, 0.1) is 10.1 Å². The monoisotopic (exact) mass is 243 g/mol. The molecule has 0 spiro atoms. The first-order chi connectivity index (χ1) is 7.60. The van der Waals surface area contributed by atoms with Gasteiger partial charge in [-0.3, -0.25) is 0 Å². The average molecular weight is 243 g/mol. The fourth-order valence-corrected chi connectivity index (χ4v) is 3.62. The van der Waals surface area contributed by atoms with Gasteiger partial charge >= 0.3 is 0 Å². The lowest BCUT2D eigenvalue weighted by Gasteiger charge is -2.22. The van der Waals surface area contributed by atoms with Crippen LogP contribution >= 0.6 is 0 Å². The van der Waals surface area contributed by atoms with Crippen molar-refractivity contribution < 1.29 is 12.8 Å². The Bertz CT molecular complexity index is 449. The molecule has 0 saturated carbocycles. The molecule has 2 rings (SSSR count). The highest BCUT2D eigenvalue weighted by molar-refractivity contribution is 7.92. The zero-order valence-corrected chi connectivity index (χ0v) is 9.63. The van der Waals surface area contributed by atoms with Gasteiger partial charge < -0.3 is 5.32 Å². The van der Waals surface area contributed by atoms with E-state index in [2.05, 4.69) is 5.32 Å². The number of piperidine rings is 1. The van der Waals surface area contributed by atoms with Crippen molar-refractivity contribution >= 4 is 9.84 Å². The number of halogens is 1. The van der Waals surface area contributed by atoms with Crippen LogP contribution < -0.4 is 5.32 Å². The molecular formula is C11H14FNO2S. The molecular weight excluding hydrogens is 229 g/mol. The quantitative estimate of drug-likeness (QED) is 0.798. The Morgan fingerprint density at radius 1 is 1.25 bits per heavy atom. The minimum absolute atomic E-state index is 0.211. The Hall–Kier alpha value is -0.940. The van der Waals surface area contributed by atoms with Crippen molar-refractivity contribution in [3.63, 3.8) is 0 Å². The lowest BCUT2D eigenvalue weighted by Crippen LogP contribution is -2.38. The zero-order chi connectivity index (χ0) is 11.6. The van der Waals surface area contributed by atoms with Gasteiger partial charge in [-0.2, -0.15) is 0 Å². The van der Waals surface area contributed by atoms with Crippen molar-refractivity contribution in [2.75, 3.05) is 13.1 Å². The van der Waals surface area contributed by atoms with E-state index in [1.165, 1.54) is 24.3 Å². The van der Waals surface area contributed by atoms with Crippen LogP contribution in [-0.4, -0.2) is 26.8 Å². The van der Waals surface area contributed by atoms with E-state index in [0.29, 0.717) is 13.0 Å². The van der Waals surface area contributed by atoms with Crippen LogP contribution in [0.2, 0.25) is 0 Å². The van der Waals surface area contributed by atoms with Crippen LogP contribution in [0.4, 0.5) is 4.39 Å². The highest BCUT2D eigenvalue weighted by Gasteiger charge is 2.28. The molecule has 1 aromatic rings. The maximum Gasteiger partial charge on any atom is 0.182 e. The minimum atomic E-state index is -3.31. The maximum atomic E-state index is 12.7. The topological polar surface area (TPSA) is 46.2 Å². The molecule has 16 heavy (non-hydrogen) atoms. The first-order valence-electron chi connectivity index (χ1n) is 5.31. The summed E-state index contributed by atoms with van der Waals surface area (Å²) in [4.78, 5) is 0.211. The molecule has 0 aliphatic carbocycles. The summed E-state index contributed by atoms with van der Waals surface area (Å²) < 4.78 is 37.0. The van der Waals surface area contributed by atoms with E-state index in [1.807, 2.05) is 0 Å². The molecule has 0 unspecified atom stereocenters. The molecule has 0 amide bonds. The van der Waals surface area contributed by atoms with Gasteiger partial charge in [-0.1, -0.05) is 0 Å². The number of sulfone groups is 1. The lowest BCUT2D eigenvalue weighted by molar-refractivity contribution is 0.496. The van der Waals surface area contributed by atoms with E-state index in [1.54, 1.807) is 0 Å². The van der Waals surface area contributed by atoms with Crippen LogP contribution in [0.15, 0.2) is 29.2 Å². The van der Waals surface area contributed by atoms with Gasteiger partial charge in [-0.05, 0) is 43.7 Å². The Morgan fingerprint density at radius 3 is 2.50 bits per heavy atom. The largest absolute Gasteiger partial charge is 0.315 e. The summed E-state index contributed by atoms with van der Waals surface area (Å²) >= 11 is 0. The molecule has 5 heteroatoms. The van der Waals surface area contributed by atoms with E-state index < -0.39 is 15.7 Å². The fourth-order valence-electron chi connectivity index (χ4n) is 1.90. The van der Waals surface area contributed by atoms with E-state index in [9.17, 15) is 12.8 Å².